The summed E-state index contributed by atoms with van der Waals surface area (Å²) >= 11 is 1.47. The lowest BCUT2D eigenvalue weighted by atomic mass is 9.99. The highest BCUT2D eigenvalue weighted by Gasteiger charge is 2.18. The Morgan fingerprint density at radius 1 is 1.24 bits per heavy atom. The maximum absolute atomic E-state index is 12.5. The van der Waals surface area contributed by atoms with E-state index in [1.807, 2.05) is 42.6 Å². The Kier molecular flexibility index (Phi) is 6.06. The molecule has 29 heavy (non-hydrogen) atoms. The highest BCUT2D eigenvalue weighted by molar-refractivity contribution is 7.13. The normalized spacial score (nSPS) is 15.5. The molecule has 6 nitrogen and oxygen atoms in total. The van der Waals surface area contributed by atoms with Crippen molar-refractivity contribution in [1.82, 2.24) is 14.9 Å². The molecule has 2 aromatic heterocycles. The molecule has 4 rings (SSSR count). The van der Waals surface area contributed by atoms with Crippen LogP contribution in [0.1, 0.15) is 36.9 Å². The summed E-state index contributed by atoms with van der Waals surface area (Å²) in [5, 5.41) is 5.57. The van der Waals surface area contributed by atoms with E-state index in [1.165, 1.54) is 24.2 Å². The van der Waals surface area contributed by atoms with Crippen LogP contribution >= 0.6 is 11.3 Å². The minimum atomic E-state index is -0.131. The topological polar surface area (TPSA) is 71.3 Å². The lowest BCUT2D eigenvalue weighted by Crippen LogP contribution is -2.32. The van der Waals surface area contributed by atoms with Gasteiger partial charge in [0, 0.05) is 17.5 Å². The minimum absolute atomic E-state index is 0.131. The van der Waals surface area contributed by atoms with E-state index in [1.54, 1.807) is 0 Å². The van der Waals surface area contributed by atoms with Crippen molar-refractivity contribution in [1.29, 1.82) is 0 Å². The molecule has 152 valence electrons. The van der Waals surface area contributed by atoms with Gasteiger partial charge < -0.3 is 9.73 Å². The molecule has 0 spiro atoms. The summed E-state index contributed by atoms with van der Waals surface area (Å²) in [5.41, 5.74) is 2.57. The molecule has 0 atom stereocenters. The number of likely N-dealkylation sites (tertiary alicyclic amines) is 1. The number of amides is 1. The third kappa shape index (κ3) is 5.10. The first kappa shape index (κ1) is 19.8. The number of piperidine rings is 1. The zero-order valence-electron chi connectivity index (χ0n) is 16.9. The molecular weight excluding hydrogens is 384 g/mol. The average molecular weight is 411 g/mol. The number of carbonyl (C=O) groups is 1. The van der Waals surface area contributed by atoms with Crippen LogP contribution in [-0.4, -0.2) is 33.9 Å². The van der Waals surface area contributed by atoms with Crippen molar-refractivity contribution < 1.29 is 9.21 Å². The maximum Gasteiger partial charge on any atom is 0.232 e. The maximum atomic E-state index is 12.5. The SMILES string of the molecule is Cc1oc(-c2ccccc2)nc1CC(=O)Nc1nc(CN2CCC(C)CC2)cs1. The van der Waals surface area contributed by atoms with Gasteiger partial charge in [0.15, 0.2) is 5.13 Å². The van der Waals surface area contributed by atoms with E-state index >= 15 is 0 Å². The van der Waals surface area contributed by atoms with Gasteiger partial charge in [-0.25, -0.2) is 9.97 Å². The van der Waals surface area contributed by atoms with Gasteiger partial charge >= 0.3 is 0 Å². The van der Waals surface area contributed by atoms with Crippen LogP contribution < -0.4 is 5.32 Å². The van der Waals surface area contributed by atoms with Gasteiger partial charge in [-0.3, -0.25) is 9.69 Å². The Labute approximate surface area is 175 Å². The summed E-state index contributed by atoms with van der Waals surface area (Å²) in [6.07, 6.45) is 2.66. The van der Waals surface area contributed by atoms with Crippen molar-refractivity contribution in [3.63, 3.8) is 0 Å². The summed E-state index contributed by atoms with van der Waals surface area (Å²) < 4.78 is 5.74. The second-order valence-corrected chi connectivity index (χ2v) is 8.57. The molecule has 3 heterocycles. The summed E-state index contributed by atoms with van der Waals surface area (Å²) in [6, 6.07) is 9.70. The van der Waals surface area contributed by atoms with E-state index in [0.29, 0.717) is 22.5 Å². The van der Waals surface area contributed by atoms with Crippen molar-refractivity contribution >= 4 is 22.4 Å². The van der Waals surface area contributed by atoms with Gasteiger partial charge in [0.25, 0.3) is 0 Å². The number of hydrogen-bond acceptors (Lipinski definition) is 6. The first-order chi connectivity index (χ1) is 14.1. The van der Waals surface area contributed by atoms with Gasteiger partial charge in [-0.15, -0.1) is 11.3 Å². The van der Waals surface area contributed by atoms with Crippen molar-refractivity contribution in [2.24, 2.45) is 5.92 Å². The van der Waals surface area contributed by atoms with Gasteiger partial charge in [-0.2, -0.15) is 0 Å². The van der Waals surface area contributed by atoms with Crippen LogP contribution in [0.2, 0.25) is 0 Å². The van der Waals surface area contributed by atoms with Gasteiger partial charge in [0.2, 0.25) is 11.8 Å². The zero-order valence-corrected chi connectivity index (χ0v) is 17.7. The van der Waals surface area contributed by atoms with Crippen LogP contribution in [0.4, 0.5) is 5.13 Å². The molecule has 0 aliphatic carbocycles. The number of hydrogen-bond donors (Lipinski definition) is 1. The predicted octanol–water partition coefficient (Wildman–Crippen LogP) is 4.52. The first-order valence-corrected chi connectivity index (χ1v) is 10.9. The predicted molar refractivity (Wildman–Crippen MR) is 115 cm³/mol. The number of thiazole rings is 1. The Morgan fingerprint density at radius 3 is 2.76 bits per heavy atom. The monoisotopic (exact) mass is 410 g/mol. The third-order valence-corrected chi connectivity index (χ3v) is 6.11. The Hall–Kier alpha value is -2.51. The van der Waals surface area contributed by atoms with E-state index < -0.39 is 0 Å². The highest BCUT2D eigenvalue weighted by atomic mass is 32.1. The fourth-order valence-electron chi connectivity index (χ4n) is 3.50. The summed E-state index contributed by atoms with van der Waals surface area (Å²) in [5.74, 6) is 1.89. The summed E-state index contributed by atoms with van der Waals surface area (Å²) in [4.78, 5) is 24.0. The Bertz CT molecular complexity index is 958. The standard InChI is InChI=1S/C22H26N4O2S/c1-15-8-10-26(11-9-15)13-18-14-29-22(23-18)25-20(27)12-19-16(2)28-21(24-19)17-6-4-3-5-7-17/h3-7,14-15H,8-13H2,1-2H3,(H,23,25,27). The number of rotatable bonds is 6. The van der Waals surface area contributed by atoms with E-state index in [4.69, 9.17) is 4.42 Å². The molecule has 1 fully saturated rings. The van der Waals surface area contributed by atoms with E-state index in [2.05, 4.69) is 27.1 Å². The largest absolute Gasteiger partial charge is 0.441 e. The molecule has 0 unspecified atom stereocenters. The van der Waals surface area contributed by atoms with Gasteiger partial charge in [-0.1, -0.05) is 25.1 Å². The molecule has 1 N–H and O–H groups in total. The zero-order chi connectivity index (χ0) is 20.2. The summed E-state index contributed by atoms with van der Waals surface area (Å²) in [7, 11) is 0. The van der Waals surface area contributed by atoms with Gasteiger partial charge in [0.1, 0.15) is 5.76 Å². The number of benzene rings is 1. The molecule has 1 amide bonds. The number of anilines is 1. The summed E-state index contributed by atoms with van der Waals surface area (Å²) in [6.45, 7) is 7.24. The first-order valence-electron chi connectivity index (χ1n) is 10.0. The quantitative estimate of drug-likeness (QED) is 0.647. The fourth-order valence-corrected chi connectivity index (χ4v) is 4.22. The smallest absolute Gasteiger partial charge is 0.232 e. The van der Waals surface area contributed by atoms with Crippen LogP contribution in [0.25, 0.3) is 11.5 Å². The number of carbonyl (C=O) groups excluding carboxylic acids is 1. The van der Waals surface area contributed by atoms with Crippen molar-refractivity contribution in [2.75, 3.05) is 18.4 Å². The number of aryl methyl sites for hydroxylation is 1. The molecule has 1 aliphatic heterocycles. The van der Waals surface area contributed by atoms with Gasteiger partial charge in [0.05, 0.1) is 17.8 Å². The fraction of sp³-hybridized carbons (Fsp3) is 0.409. The molecule has 1 saturated heterocycles. The second-order valence-electron chi connectivity index (χ2n) is 7.72. The van der Waals surface area contributed by atoms with Gasteiger partial charge in [-0.05, 0) is 50.9 Å². The van der Waals surface area contributed by atoms with E-state index in [9.17, 15) is 4.79 Å². The lowest BCUT2D eigenvalue weighted by Gasteiger charge is -2.29. The molecule has 0 bridgehead atoms. The minimum Gasteiger partial charge on any atom is -0.441 e. The number of oxazole rings is 1. The van der Waals surface area contributed by atoms with Crippen molar-refractivity contribution in [3.8, 4) is 11.5 Å². The number of nitrogens with one attached hydrogen (secondary N) is 1. The second kappa shape index (κ2) is 8.88. The molecule has 0 saturated carbocycles. The average Bonchev–Trinajstić information content (AvgIpc) is 3.31. The van der Waals surface area contributed by atoms with Crippen molar-refractivity contribution in [3.05, 3.63) is 52.9 Å². The lowest BCUT2D eigenvalue weighted by molar-refractivity contribution is -0.115. The van der Waals surface area contributed by atoms with Crippen LogP contribution in [-0.2, 0) is 17.8 Å². The highest BCUT2D eigenvalue weighted by Crippen LogP contribution is 2.23. The molecule has 7 heteroatoms. The van der Waals surface area contributed by atoms with Crippen LogP contribution in [0.5, 0.6) is 0 Å². The number of nitrogens with zero attached hydrogens (tertiary/aromatic N) is 3. The van der Waals surface area contributed by atoms with Crippen molar-refractivity contribution in [2.45, 2.75) is 39.7 Å². The van der Waals surface area contributed by atoms with Crippen LogP contribution in [0, 0.1) is 12.8 Å². The Morgan fingerprint density at radius 2 is 2.00 bits per heavy atom. The molecule has 1 aromatic carbocycles. The van der Waals surface area contributed by atoms with Crippen LogP contribution in [0.15, 0.2) is 40.1 Å². The molecule has 1 aliphatic rings. The van der Waals surface area contributed by atoms with Crippen LogP contribution in [0.3, 0.4) is 0 Å². The van der Waals surface area contributed by atoms with E-state index in [-0.39, 0.29) is 12.3 Å². The molecule has 0 radical (unpaired) electrons. The molecule has 3 aromatic rings. The number of aromatic nitrogens is 2. The third-order valence-electron chi connectivity index (χ3n) is 5.30. The Balaban J connectivity index is 1.33. The molecular formula is C22H26N4O2S. The van der Waals surface area contributed by atoms with E-state index in [0.717, 1.165) is 36.8 Å².